The largest absolute Gasteiger partial charge is 0.297 e. The van der Waals surface area contributed by atoms with Crippen LogP contribution in [-0.2, 0) is 18.3 Å². The van der Waals surface area contributed by atoms with Gasteiger partial charge >= 0.3 is 0 Å². The summed E-state index contributed by atoms with van der Waals surface area (Å²) in [7, 11) is 1.82. The first-order valence-corrected chi connectivity index (χ1v) is 6.13. The van der Waals surface area contributed by atoms with Gasteiger partial charge in [0.2, 0.25) is 0 Å². The van der Waals surface area contributed by atoms with Gasteiger partial charge in [0.05, 0.1) is 12.0 Å². The number of hydrogen-bond donors (Lipinski definition) is 0. The number of Topliss-reactive ketones (excluding diaryl/α,β-unsaturated/α-hetero) is 1. The van der Waals surface area contributed by atoms with Crippen LogP contribution in [0.3, 0.4) is 0 Å². The van der Waals surface area contributed by atoms with E-state index in [4.69, 9.17) is 0 Å². The summed E-state index contributed by atoms with van der Waals surface area (Å²) in [6, 6.07) is 0. The van der Waals surface area contributed by atoms with Gasteiger partial charge in [-0.1, -0.05) is 0 Å². The summed E-state index contributed by atoms with van der Waals surface area (Å²) in [6.07, 6.45) is 4.24. The molecule has 0 N–H and O–H groups in total. The van der Waals surface area contributed by atoms with Crippen LogP contribution in [0.15, 0.2) is 6.33 Å². The van der Waals surface area contributed by atoms with Crippen molar-refractivity contribution in [2.24, 2.45) is 7.05 Å². The first kappa shape index (κ1) is 12.2. The molecule has 0 amide bonds. The zero-order chi connectivity index (χ0) is 12.5. The average Bonchev–Trinajstić information content (AvgIpc) is 2.90. The van der Waals surface area contributed by atoms with E-state index in [0.29, 0.717) is 6.42 Å². The normalized spacial score (nSPS) is 17.6. The number of carbonyl (C=O) groups is 1. The fourth-order valence-electron chi connectivity index (χ4n) is 2.29. The molecular weight excluding hydrogens is 216 g/mol. The molecule has 0 unspecified atom stereocenters. The summed E-state index contributed by atoms with van der Waals surface area (Å²) in [5.74, 6) is 0.956. The number of ketones is 1. The van der Waals surface area contributed by atoms with E-state index in [9.17, 15) is 4.79 Å². The van der Waals surface area contributed by atoms with Crippen LogP contribution >= 0.6 is 0 Å². The van der Waals surface area contributed by atoms with Crippen molar-refractivity contribution >= 4 is 5.78 Å². The van der Waals surface area contributed by atoms with Gasteiger partial charge in [-0.3, -0.25) is 14.4 Å². The van der Waals surface area contributed by atoms with E-state index >= 15 is 0 Å². The predicted molar refractivity (Wildman–Crippen MR) is 64.6 cm³/mol. The second kappa shape index (κ2) is 4.56. The number of rotatable bonds is 4. The van der Waals surface area contributed by atoms with E-state index in [-0.39, 0.29) is 11.3 Å². The number of nitrogens with zero attached hydrogens (tertiary/aromatic N) is 4. The molecule has 0 bridgehead atoms. The highest BCUT2D eigenvalue weighted by atomic mass is 16.1. The Morgan fingerprint density at radius 3 is 2.59 bits per heavy atom. The molecule has 5 nitrogen and oxygen atoms in total. The molecule has 5 heteroatoms. The molecule has 94 valence electrons. The van der Waals surface area contributed by atoms with E-state index in [1.54, 1.807) is 4.68 Å². The molecule has 1 aromatic rings. The number of hydrogen-bond acceptors (Lipinski definition) is 4. The maximum Gasteiger partial charge on any atom is 0.160 e. The third kappa shape index (κ3) is 2.39. The third-order valence-electron chi connectivity index (χ3n) is 3.70. The fraction of sp³-hybridized carbons (Fsp3) is 0.750. The lowest BCUT2D eigenvalue weighted by Crippen LogP contribution is -2.49. The van der Waals surface area contributed by atoms with Gasteiger partial charge in [-0.15, -0.1) is 0 Å². The lowest BCUT2D eigenvalue weighted by molar-refractivity contribution is -0.128. The maximum atomic E-state index is 12.3. The van der Waals surface area contributed by atoms with Crippen LogP contribution in [0.5, 0.6) is 0 Å². The number of aromatic nitrogens is 3. The average molecular weight is 236 g/mol. The van der Waals surface area contributed by atoms with Gasteiger partial charge in [0, 0.05) is 7.05 Å². The second-order valence-corrected chi connectivity index (χ2v) is 5.15. The molecule has 0 radical (unpaired) electrons. The molecule has 1 aliphatic heterocycles. The summed E-state index contributed by atoms with van der Waals surface area (Å²) in [6.45, 7) is 6.07. The van der Waals surface area contributed by atoms with Crippen LogP contribution < -0.4 is 0 Å². The van der Waals surface area contributed by atoms with E-state index < -0.39 is 0 Å². The lowest BCUT2D eigenvalue weighted by atomic mass is 9.94. The first-order chi connectivity index (χ1) is 8.01. The van der Waals surface area contributed by atoms with E-state index in [0.717, 1.165) is 18.9 Å². The Morgan fingerprint density at radius 1 is 1.41 bits per heavy atom. The maximum absolute atomic E-state index is 12.3. The third-order valence-corrected chi connectivity index (χ3v) is 3.70. The lowest BCUT2D eigenvalue weighted by Gasteiger charge is -2.33. The monoisotopic (exact) mass is 236 g/mol. The molecule has 1 aromatic heterocycles. The van der Waals surface area contributed by atoms with Crippen LogP contribution in [0.1, 0.15) is 32.5 Å². The second-order valence-electron chi connectivity index (χ2n) is 5.15. The summed E-state index contributed by atoms with van der Waals surface area (Å²) in [4.78, 5) is 18.7. The zero-order valence-corrected chi connectivity index (χ0v) is 10.8. The summed E-state index contributed by atoms with van der Waals surface area (Å²) in [5.41, 5.74) is -0.386. The molecule has 0 atom stereocenters. The van der Waals surface area contributed by atoms with Crippen molar-refractivity contribution in [1.29, 1.82) is 0 Å². The minimum atomic E-state index is -0.386. The van der Waals surface area contributed by atoms with Crippen molar-refractivity contribution in [2.45, 2.75) is 38.6 Å². The van der Waals surface area contributed by atoms with E-state index in [1.165, 1.54) is 19.2 Å². The fourth-order valence-corrected chi connectivity index (χ4v) is 2.29. The molecule has 0 saturated carbocycles. The quantitative estimate of drug-likeness (QED) is 0.776. The molecular formula is C12H20N4O. The summed E-state index contributed by atoms with van der Waals surface area (Å²) in [5, 5.41) is 3.99. The van der Waals surface area contributed by atoms with Crippen LogP contribution in [0.4, 0.5) is 0 Å². The van der Waals surface area contributed by atoms with Gasteiger partial charge in [0.1, 0.15) is 12.2 Å². The minimum absolute atomic E-state index is 0.218. The van der Waals surface area contributed by atoms with Gasteiger partial charge in [0.25, 0.3) is 0 Å². The zero-order valence-electron chi connectivity index (χ0n) is 10.8. The molecule has 17 heavy (non-hydrogen) atoms. The van der Waals surface area contributed by atoms with Gasteiger partial charge in [-0.25, -0.2) is 4.98 Å². The van der Waals surface area contributed by atoms with Crippen molar-refractivity contribution in [1.82, 2.24) is 19.7 Å². The molecule has 0 aromatic carbocycles. The van der Waals surface area contributed by atoms with Crippen LogP contribution in [0.2, 0.25) is 0 Å². The topological polar surface area (TPSA) is 51.0 Å². The van der Waals surface area contributed by atoms with Crippen molar-refractivity contribution in [2.75, 3.05) is 13.1 Å². The summed E-state index contributed by atoms with van der Waals surface area (Å²) < 4.78 is 1.66. The Labute approximate surface area is 102 Å². The number of aryl methyl sites for hydroxylation is 1. The van der Waals surface area contributed by atoms with E-state index in [2.05, 4.69) is 15.0 Å². The Bertz CT molecular complexity index is 404. The van der Waals surface area contributed by atoms with Crippen LogP contribution in [0.25, 0.3) is 0 Å². The molecule has 2 rings (SSSR count). The highest BCUT2D eigenvalue weighted by molar-refractivity contribution is 5.88. The van der Waals surface area contributed by atoms with Gasteiger partial charge in [-0.2, -0.15) is 5.10 Å². The number of carbonyl (C=O) groups excluding carboxylic acids is 1. The van der Waals surface area contributed by atoms with Crippen molar-refractivity contribution in [3.63, 3.8) is 0 Å². The highest BCUT2D eigenvalue weighted by Gasteiger charge is 2.35. The van der Waals surface area contributed by atoms with E-state index in [1.807, 2.05) is 20.9 Å². The Hall–Kier alpha value is -1.23. The Balaban J connectivity index is 2.06. The number of likely N-dealkylation sites (tertiary alicyclic amines) is 1. The molecule has 1 aliphatic rings. The standard InChI is InChI=1S/C12H20N4O/c1-12(2,16-6-4-5-7-16)10(17)8-11-13-9-14-15(11)3/h9H,4-8H2,1-3H3. The van der Waals surface area contributed by atoms with Gasteiger partial charge < -0.3 is 0 Å². The molecule has 1 fully saturated rings. The SMILES string of the molecule is Cn1ncnc1CC(=O)C(C)(C)N1CCCC1. The smallest absolute Gasteiger partial charge is 0.160 e. The molecule has 1 saturated heterocycles. The Morgan fingerprint density at radius 2 is 2.06 bits per heavy atom. The summed E-state index contributed by atoms with van der Waals surface area (Å²) >= 11 is 0. The highest BCUT2D eigenvalue weighted by Crippen LogP contribution is 2.22. The van der Waals surface area contributed by atoms with Crippen molar-refractivity contribution < 1.29 is 4.79 Å². The van der Waals surface area contributed by atoms with Gasteiger partial charge in [-0.05, 0) is 39.8 Å². The molecule has 2 heterocycles. The molecule has 0 aliphatic carbocycles. The van der Waals surface area contributed by atoms with Crippen molar-refractivity contribution in [3.8, 4) is 0 Å². The van der Waals surface area contributed by atoms with Crippen LogP contribution in [-0.4, -0.2) is 44.1 Å². The van der Waals surface area contributed by atoms with Crippen molar-refractivity contribution in [3.05, 3.63) is 12.2 Å². The first-order valence-electron chi connectivity index (χ1n) is 6.13. The predicted octanol–water partition coefficient (Wildman–Crippen LogP) is 0.801. The van der Waals surface area contributed by atoms with Crippen LogP contribution in [0, 0.1) is 0 Å². The minimum Gasteiger partial charge on any atom is -0.297 e. The van der Waals surface area contributed by atoms with Gasteiger partial charge in [0.15, 0.2) is 5.78 Å². The Kier molecular flexibility index (Phi) is 3.28. The molecule has 0 spiro atoms.